The molecule has 33 heavy (non-hydrogen) atoms. The first-order chi connectivity index (χ1) is 15.9. The van der Waals surface area contributed by atoms with Gasteiger partial charge in [-0.1, -0.05) is 6.92 Å². The first kappa shape index (κ1) is 22.6. The quantitative estimate of drug-likeness (QED) is 0.540. The molecule has 0 bridgehead atoms. The van der Waals surface area contributed by atoms with Gasteiger partial charge in [0.2, 0.25) is 12.3 Å². The fourth-order valence-electron chi connectivity index (χ4n) is 4.39. The second kappa shape index (κ2) is 9.52. The van der Waals surface area contributed by atoms with E-state index < -0.39 is 0 Å². The maximum absolute atomic E-state index is 12.1. The number of hydrogen-bond donors (Lipinski definition) is 0. The van der Waals surface area contributed by atoms with Gasteiger partial charge in [0.05, 0.1) is 28.8 Å². The van der Waals surface area contributed by atoms with Crippen molar-refractivity contribution in [2.24, 2.45) is 0 Å². The maximum Gasteiger partial charge on any atom is 0.222 e. The summed E-state index contributed by atoms with van der Waals surface area (Å²) in [6.07, 6.45) is 6.59. The minimum Gasteiger partial charge on any atom is -0.368 e. The number of amides is 2. The molecule has 0 N–H and O–H groups in total. The molecule has 0 saturated carbocycles. The van der Waals surface area contributed by atoms with Crippen molar-refractivity contribution in [1.82, 2.24) is 19.9 Å². The van der Waals surface area contributed by atoms with Gasteiger partial charge < -0.3 is 14.7 Å². The topological polar surface area (TPSA) is 82.5 Å². The van der Waals surface area contributed by atoms with Gasteiger partial charge in [-0.3, -0.25) is 19.6 Å². The molecule has 0 atom stereocenters. The molecule has 3 aromatic rings. The van der Waals surface area contributed by atoms with Crippen molar-refractivity contribution in [3.63, 3.8) is 0 Å². The van der Waals surface area contributed by atoms with E-state index in [0.717, 1.165) is 66.0 Å². The van der Waals surface area contributed by atoms with Crippen LogP contribution in [0.15, 0.2) is 36.7 Å². The van der Waals surface area contributed by atoms with Gasteiger partial charge in [-0.15, -0.1) is 0 Å². The average Bonchev–Trinajstić information content (AvgIpc) is 2.86. The van der Waals surface area contributed by atoms with Crippen LogP contribution in [0.5, 0.6) is 0 Å². The number of rotatable bonds is 6. The van der Waals surface area contributed by atoms with Crippen LogP contribution in [0.1, 0.15) is 31.9 Å². The lowest BCUT2D eigenvalue weighted by Crippen LogP contribution is -2.45. The van der Waals surface area contributed by atoms with Gasteiger partial charge in [-0.25, -0.2) is 4.98 Å². The average molecular weight is 447 g/mol. The van der Waals surface area contributed by atoms with E-state index in [0.29, 0.717) is 12.1 Å². The zero-order valence-electron chi connectivity index (χ0n) is 19.7. The molecule has 3 aromatic heterocycles. The number of pyridine rings is 3. The summed E-state index contributed by atoms with van der Waals surface area (Å²) in [5.41, 5.74) is 5.77. The zero-order valence-corrected chi connectivity index (χ0v) is 19.7. The lowest BCUT2D eigenvalue weighted by atomic mass is 10.0. The Labute approximate surface area is 194 Å². The summed E-state index contributed by atoms with van der Waals surface area (Å²) in [7, 11) is 3.77. The predicted octanol–water partition coefficient (Wildman–Crippen LogP) is 3.43. The van der Waals surface area contributed by atoms with Crippen molar-refractivity contribution in [2.45, 2.75) is 39.2 Å². The minimum absolute atomic E-state index is 0.199. The van der Waals surface area contributed by atoms with Crippen molar-refractivity contribution in [2.75, 3.05) is 37.0 Å². The first-order valence-electron chi connectivity index (χ1n) is 11.3. The molecule has 8 heteroatoms. The van der Waals surface area contributed by atoms with Crippen LogP contribution in [0.3, 0.4) is 0 Å². The minimum atomic E-state index is 0.199. The van der Waals surface area contributed by atoms with Crippen molar-refractivity contribution in [3.05, 3.63) is 42.4 Å². The molecule has 1 saturated heterocycles. The summed E-state index contributed by atoms with van der Waals surface area (Å²) in [5, 5.41) is 0. The summed E-state index contributed by atoms with van der Waals surface area (Å²) in [5.74, 6) is 0.199. The molecule has 0 spiro atoms. The number of piperidine rings is 1. The van der Waals surface area contributed by atoms with Gasteiger partial charge in [0.25, 0.3) is 0 Å². The zero-order chi connectivity index (χ0) is 23.5. The second-order valence-electron chi connectivity index (χ2n) is 8.54. The van der Waals surface area contributed by atoms with Crippen LogP contribution in [0.2, 0.25) is 0 Å². The summed E-state index contributed by atoms with van der Waals surface area (Å²) in [6.45, 7) is 5.32. The number of carbonyl (C=O) groups excluding carboxylic acids is 2. The van der Waals surface area contributed by atoms with E-state index in [1.54, 1.807) is 13.2 Å². The van der Waals surface area contributed by atoms with Crippen LogP contribution in [-0.2, 0) is 9.59 Å². The molecule has 0 radical (unpaired) electrons. The van der Waals surface area contributed by atoms with Crippen molar-refractivity contribution >= 4 is 34.7 Å². The van der Waals surface area contributed by atoms with Crippen LogP contribution in [0.25, 0.3) is 22.3 Å². The highest BCUT2D eigenvalue weighted by Crippen LogP contribution is 2.37. The van der Waals surface area contributed by atoms with Gasteiger partial charge in [-0.05, 0) is 44.0 Å². The van der Waals surface area contributed by atoms with Gasteiger partial charge in [0.15, 0.2) is 0 Å². The number of anilines is 2. The Morgan fingerprint density at radius 1 is 1.12 bits per heavy atom. The molecule has 2 amide bonds. The van der Waals surface area contributed by atoms with Gasteiger partial charge in [0, 0.05) is 57.1 Å². The predicted molar refractivity (Wildman–Crippen MR) is 130 cm³/mol. The molecular formula is C25H30N6O2. The monoisotopic (exact) mass is 446 g/mol. The Balaban J connectivity index is 1.76. The van der Waals surface area contributed by atoms with E-state index in [4.69, 9.17) is 4.98 Å². The van der Waals surface area contributed by atoms with Crippen molar-refractivity contribution in [3.8, 4) is 11.3 Å². The Kier molecular flexibility index (Phi) is 6.53. The van der Waals surface area contributed by atoms with Gasteiger partial charge in [0.1, 0.15) is 5.52 Å². The van der Waals surface area contributed by atoms with E-state index in [1.165, 1.54) is 4.90 Å². The number of fused-ring (bicyclic) bond motifs is 1. The Bertz CT molecular complexity index is 1160. The number of likely N-dealkylation sites (tertiary alicyclic amines) is 1. The number of carbonyl (C=O) groups is 2. The number of nitrogens with zero attached hydrogens (tertiary/aromatic N) is 6. The van der Waals surface area contributed by atoms with Crippen LogP contribution in [0, 0.1) is 6.92 Å². The number of aromatic nitrogens is 3. The van der Waals surface area contributed by atoms with E-state index >= 15 is 0 Å². The normalized spacial score (nSPS) is 14.4. The standard InChI is InChI=1S/C25H30N6O2/c1-5-23(33)31-12-10-19(11-13-31)30(4)25-22(29(3)16-32)15-27-21-9-8-20(28-24(21)25)18-7-6-17(2)26-14-18/h6-9,14-16,19H,5,10-13H2,1-4H3. The first-order valence-corrected chi connectivity index (χ1v) is 11.3. The van der Waals surface area contributed by atoms with Crippen LogP contribution < -0.4 is 9.80 Å². The lowest BCUT2D eigenvalue weighted by molar-refractivity contribution is -0.131. The number of aryl methyl sites for hydroxylation is 1. The highest BCUT2D eigenvalue weighted by Gasteiger charge is 2.28. The van der Waals surface area contributed by atoms with Crippen molar-refractivity contribution < 1.29 is 9.59 Å². The van der Waals surface area contributed by atoms with Crippen molar-refractivity contribution in [1.29, 1.82) is 0 Å². The van der Waals surface area contributed by atoms with Crippen LogP contribution in [0.4, 0.5) is 11.4 Å². The molecule has 4 heterocycles. The van der Waals surface area contributed by atoms with Gasteiger partial charge >= 0.3 is 0 Å². The highest BCUT2D eigenvalue weighted by atomic mass is 16.2. The van der Waals surface area contributed by atoms with E-state index in [-0.39, 0.29) is 11.9 Å². The number of hydrogen-bond acceptors (Lipinski definition) is 6. The molecule has 1 aliphatic rings. The smallest absolute Gasteiger partial charge is 0.222 e. The fourth-order valence-corrected chi connectivity index (χ4v) is 4.39. The summed E-state index contributed by atoms with van der Waals surface area (Å²) >= 11 is 0. The lowest BCUT2D eigenvalue weighted by Gasteiger charge is -2.39. The molecule has 4 rings (SSSR count). The summed E-state index contributed by atoms with van der Waals surface area (Å²) in [6, 6.07) is 8.11. The fraction of sp³-hybridized carbons (Fsp3) is 0.400. The maximum atomic E-state index is 12.1. The second-order valence-corrected chi connectivity index (χ2v) is 8.54. The van der Waals surface area contributed by atoms with Crippen LogP contribution >= 0.6 is 0 Å². The molecule has 0 aliphatic carbocycles. The Hall–Kier alpha value is -3.55. The van der Waals surface area contributed by atoms with E-state index in [9.17, 15) is 9.59 Å². The molecule has 1 aliphatic heterocycles. The largest absolute Gasteiger partial charge is 0.368 e. The third-order valence-electron chi connectivity index (χ3n) is 6.43. The molecular weight excluding hydrogens is 416 g/mol. The molecule has 0 aromatic carbocycles. The van der Waals surface area contributed by atoms with E-state index in [2.05, 4.69) is 14.9 Å². The molecule has 0 unspecified atom stereocenters. The SMILES string of the molecule is CCC(=O)N1CCC(N(C)c2c(N(C)C=O)cnc3ccc(-c4ccc(C)nc4)nc23)CC1. The van der Waals surface area contributed by atoms with Crippen LogP contribution in [-0.4, -0.2) is 65.4 Å². The van der Waals surface area contributed by atoms with Gasteiger partial charge in [-0.2, -0.15) is 0 Å². The highest BCUT2D eigenvalue weighted by molar-refractivity contribution is 5.99. The third-order valence-corrected chi connectivity index (χ3v) is 6.43. The Morgan fingerprint density at radius 3 is 2.52 bits per heavy atom. The third kappa shape index (κ3) is 4.51. The summed E-state index contributed by atoms with van der Waals surface area (Å²) < 4.78 is 0. The van der Waals surface area contributed by atoms with E-state index in [1.807, 2.05) is 56.3 Å². The molecule has 8 nitrogen and oxygen atoms in total. The summed E-state index contributed by atoms with van der Waals surface area (Å²) in [4.78, 5) is 43.4. The molecule has 1 fully saturated rings. The Morgan fingerprint density at radius 2 is 1.88 bits per heavy atom. The molecule has 172 valence electrons.